The van der Waals surface area contributed by atoms with E-state index >= 15 is 0 Å². The van der Waals surface area contributed by atoms with Gasteiger partial charge in [-0.2, -0.15) is 11.8 Å². The van der Waals surface area contributed by atoms with Crippen LogP contribution < -0.4 is 5.32 Å². The van der Waals surface area contributed by atoms with Crippen LogP contribution in [0.25, 0.3) is 0 Å². The molecule has 0 atom stereocenters. The Morgan fingerprint density at radius 1 is 1.47 bits per heavy atom. The fourth-order valence-corrected chi connectivity index (χ4v) is 1.72. The summed E-state index contributed by atoms with van der Waals surface area (Å²) in [5, 5.41) is 22.0. The van der Waals surface area contributed by atoms with Gasteiger partial charge in [-0.15, -0.1) is 0 Å². The highest BCUT2D eigenvalue weighted by molar-refractivity contribution is 7.98. The minimum absolute atomic E-state index is 0.00102. The number of benzene rings is 1. The van der Waals surface area contributed by atoms with Crippen molar-refractivity contribution in [2.24, 2.45) is 0 Å². The number of carboxylic acids is 1. The van der Waals surface area contributed by atoms with Crippen molar-refractivity contribution in [1.29, 1.82) is 0 Å². The van der Waals surface area contributed by atoms with Crippen molar-refractivity contribution in [2.45, 2.75) is 6.42 Å². The lowest BCUT2D eigenvalue weighted by Crippen LogP contribution is -2.13. The van der Waals surface area contributed by atoms with Gasteiger partial charge < -0.3 is 10.4 Å². The van der Waals surface area contributed by atoms with E-state index in [0.29, 0.717) is 5.75 Å². The predicted molar refractivity (Wildman–Crippen MR) is 71.7 cm³/mol. The Kier molecular flexibility index (Phi) is 5.31. The maximum Gasteiger partial charge on any atom is 0.335 e. The first-order chi connectivity index (χ1) is 8.95. The summed E-state index contributed by atoms with van der Waals surface area (Å²) in [4.78, 5) is 32.4. The fourth-order valence-electron chi connectivity index (χ4n) is 1.33. The average molecular weight is 284 g/mol. The zero-order valence-corrected chi connectivity index (χ0v) is 10.9. The lowest BCUT2D eigenvalue weighted by atomic mass is 10.1. The number of rotatable bonds is 6. The molecule has 0 radical (unpaired) electrons. The Hall–Kier alpha value is -2.09. The molecule has 8 heteroatoms. The number of hydrogen-bond acceptors (Lipinski definition) is 5. The van der Waals surface area contributed by atoms with Gasteiger partial charge in [-0.05, 0) is 18.4 Å². The summed E-state index contributed by atoms with van der Waals surface area (Å²) in [6.07, 6.45) is 2.08. The molecule has 0 aliphatic rings. The van der Waals surface area contributed by atoms with Crippen LogP contribution in [-0.4, -0.2) is 33.9 Å². The van der Waals surface area contributed by atoms with Crippen molar-refractivity contribution < 1.29 is 19.6 Å². The molecular formula is C11H12N2O5S. The molecule has 0 saturated carbocycles. The maximum atomic E-state index is 11.5. The summed E-state index contributed by atoms with van der Waals surface area (Å²) in [6, 6.07) is 3.35. The molecule has 0 bridgehead atoms. The van der Waals surface area contributed by atoms with Crippen molar-refractivity contribution in [3.63, 3.8) is 0 Å². The molecule has 1 aromatic carbocycles. The minimum atomic E-state index is -1.26. The SMILES string of the molecule is CSCCC(=O)Nc1ccc(C(=O)O)cc1[N+](=O)[O-]. The van der Waals surface area contributed by atoms with Gasteiger partial charge in [-0.25, -0.2) is 4.79 Å². The smallest absolute Gasteiger partial charge is 0.335 e. The number of nitrogens with one attached hydrogen (secondary N) is 1. The first-order valence-electron chi connectivity index (χ1n) is 5.26. The fraction of sp³-hybridized carbons (Fsp3) is 0.273. The zero-order valence-electron chi connectivity index (χ0n) is 10.1. The number of anilines is 1. The van der Waals surface area contributed by atoms with Crippen molar-refractivity contribution in [1.82, 2.24) is 0 Å². The Balaban J connectivity index is 2.97. The van der Waals surface area contributed by atoms with Crippen molar-refractivity contribution in [3.8, 4) is 0 Å². The van der Waals surface area contributed by atoms with Crippen LogP contribution >= 0.6 is 11.8 Å². The molecule has 0 aromatic heterocycles. The van der Waals surface area contributed by atoms with E-state index < -0.39 is 16.6 Å². The van der Waals surface area contributed by atoms with Crippen LogP contribution in [0.4, 0.5) is 11.4 Å². The number of amides is 1. The summed E-state index contributed by atoms with van der Waals surface area (Å²) in [5.41, 5.74) is -0.632. The summed E-state index contributed by atoms with van der Waals surface area (Å²) in [6.45, 7) is 0. The Labute approximate surface area is 113 Å². The molecule has 1 rings (SSSR count). The van der Waals surface area contributed by atoms with Gasteiger partial charge in [0.25, 0.3) is 5.69 Å². The Bertz CT molecular complexity index is 518. The Morgan fingerprint density at radius 3 is 2.68 bits per heavy atom. The molecule has 2 N–H and O–H groups in total. The number of aromatic carboxylic acids is 1. The summed E-state index contributed by atoms with van der Waals surface area (Å²) >= 11 is 1.48. The molecule has 19 heavy (non-hydrogen) atoms. The summed E-state index contributed by atoms with van der Waals surface area (Å²) < 4.78 is 0. The van der Waals surface area contributed by atoms with E-state index in [4.69, 9.17) is 5.11 Å². The van der Waals surface area contributed by atoms with Gasteiger partial charge in [0.05, 0.1) is 10.5 Å². The number of hydrogen-bond donors (Lipinski definition) is 2. The molecule has 7 nitrogen and oxygen atoms in total. The normalized spacial score (nSPS) is 9.95. The summed E-state index contributed by atoms with van der Waals surface area (Å²) in [5.74, 6) is -1.00. The van der Waals surface area contributed by atoms with Crippen molar-refractivity contribution in [3.05, 3.63) is 33.9 Å². The van der Waals surface area contributed by atoms with Crippen LogP contribution in [0.2, 0.25) is 0 Å². The predicted octanol–water partition coefficient (Wildman–Crippen LogP) is 1.98. The highest BCUT2D eigenvalue weighted by Gasteiger charge is 2.18. The number of carboxylic acid groups (broad SMARTS) is 1. The van der Waals surface area contributed by atoms with Crippen LogP contribution in [0.1, 0.15) is 16.8 Å². The number of carbonyl (C=O) groups excluding carboxylic acids is 1. The van der Waals surface area contributed by atoms with Gasteiger partial charge in [0, 0.05) is 18.2 Å². The molecule has 0 aliphatic carbocycles. The molecule has 0 aliphatic heterocycles. The number of nitro benzene ring substituents is 1. The van der Waals surface area contributed by atoms with Crippen LogP contribution in [-0.2, 0) is 4.79 Å². The van der Waals surface area contributed by atoms with Crippen LogP contribution in [0.15, 0.2) is 18.2 Å². The Morgan fingerprint density at radius 2 is 2.16 bits per heavy atom. The third-order valence-electron chi connectivity index (χ3n) is 2.25. The standard InChI is InChI=1S/C11H12N2O5S/c1-19-5-4-10(14)12-8-3-2-7(11(15)16)6-9(8)13(17)18/h2-3,6H,4-5H2,1H3,(H,12,14)(H,15,16). The molecule has 1 amide bonds. The molecule has 0 fully saturated rings. The largest absolute Gasteiger partial charge is 0.478 e. The molecule has 0 spiro atoms. The van der Waals surface area contributed by atoms with Gasteiger partial charge in [0.2, 0.25) is 5.91 Å². The first-order valence-corrected chi connectivity index (χ1v) is 6.65. The highest BCUT2D eigenvalue weighted by Crippen LogP contribution is 2.25. The van der Waals surface area contributed by atoms with Crippen LogP contribution in [0, 0.1) is 10.1 Å². The van der Waals surface area contributed by atoms with Gasteiger partial charge in [-0.1, -0.05) is 0 Å². The van der Waals surface area contributed by atoms with Gasteiger partial charge >= 0.3 is 5.97 Å². The monoisotopic (exact) mass is 284 g/mol. The molecule has 0 heterocycles. The number of nitrogens with zero attached hydrogens (tertiary/aromatic N) is 1. The van der Waals surface area contributed by atoms with Gasteiger partial charge in [-0.3, -0.25) is 14.9 Å². The van der Waals surface area contributed by atoms with Crippen LogP contribution in [0.5, 0.6) is 0 Å². The van der Waals surface area contributed by atoms with Crippen molar-refractivity contribution >= 4 is 35.0 Å². The molecule has 102 valence electrons. The number of thioether (sulfide) groups is 1. The second-order valence-electron chi connectivity index (χ2n) is 3.59. The molecule has 0 unspecified atom stereocenters. The van der Waals surface area contributed by atoms with E-state index in [1.165, 1.54) is 23.9 Å². The highest BCUT2D eigenvalue weighted by atomic mass is 32.2. The van der Waals surface area contributed by atoms with E-state index in [1.807, 2.05) is 6.26 Å². The number of nitro groups is 1. The third-order valence-corrected chi connectivity index (χ3v) is 2.86. The minimum Gasteiger partial charge on any atom is -0.478 e. The lowest BCUT2D eigenvalue weighted by molar-refractivity contribution is -0.384. The molecular weight excluding hydrogens is 272 g/mol. The molecule has 1 aromatic rings. The van der Waals surface area contributed by atoms with E-state index in [9.17, 15) is 19.7 Å². The number of carbonyl (C=O) groups is 2. The summed E-state index contributed by atoms with van der Waals surface area (Å²) in [7, 11) is 0. The molecule has 0 saturated heterocycles. The van der Waals surface area contributed by atoms with E-state index in [1.54, 1.807) is 0 Å². The average Bonchev–Trinajstić information content (AvgIpc) is 2.36. The zero-order chi connectivity index (χ0) is 14.4. The van der Waals surface area contributed by atoms with Gasteiger partial charge in [0.15, 0.2) is 0 Å². The van der Waals surface area contributed by atoms with Crippen molar-refractivity contribution in [2.75, 3.05) is 17.3 Å². The first kappa shape index (κ1) is 15.0. The second-order valence-corrected chi connectivity index (χ2v) is 4.57. The second kappa shape index (κ2) is 6.74. The quantitative estimate of drug-likeness (QED) is 0.610. The maximum absolute atomic E-state index is 11.5. The third kappa shape index (κ3) is 4.25. The van der Waals surface area contributed by atoms with Crippen LogP contribution in [0.3, 0.4) is 0 Å². The van der Waals surface area contributed by atoms with Gasteiger partial charge in [0.1, 0.15) is 5.69 Å². The van der Waals surface area contributed by atoms with E-state index in [-0.39, 0.29) is 23.6 Å². The lowest BCUT2D eigenvalue weighted by Gasteiger charge is -2.06. The topological polar surface area (TPSA) is 110 Å². The van der Waals surface area contributed by atoms with E-state index in [2.05, 4.69) is 5.32 Å². The van der Waals surface area contributed by atoms with E-state index in [0.717, 1.165) is 6.07 Å².